The van der Waals surface area contributed by atoms with Gasteiger partial charge in [0.2, 0.25) is 5.95 Å². The van der Waals surface area contributed by atoms with Gasteiger partial charge in [-0.1, -0.05) is 0 Å². The van der Waals surface area contributed by atoms with Crippen molar-refractivity contribution < 1.29 is 4.79 Å². The summed E-state index contributed by atoms with van der Waals surface area (Å²) in [5.74, 6) is 0.490. The number of carbonyl (C=O) groups excluding carboxylic acids is 1. The molecule has 6 nitrogen and oxygen atoms in total. The van der Waals surface area contributed by atoms with Crippen LogP contribution in [0.15, 0.2) is 61.1 Å². The molecule has 0 aliphatic rings. The Morgan fingerprint density at radius 2 is 1.88 bits per heavy atom. The van der Waals surface area contributed by atoms with Gasteiger partial charge in [0, 0.05) is 40.8 Å². The number of rotatable bonds is 4. The summed E-state index contributed by atoms with van der Waals surface area (Å²) in [6.45, 7) is 0. The summed E-state index contributed by atoms with van der Waals surface area (Å²) in [6, 6.07) is 12.9. The van der Waals surface area contributed by atoms with Crippen LogP contribution in [0.2, 0.25) is 0 Å². The fourth-order valence-electron chi connectivity index (χ4n) is 2.51. The normalized spacial score (nSPS) is 10.7. The maximum absolute atomic E-state index is 10.7. The summed E-state index contributed by atoms with van der Waals surface area (Å²) in [4.78, 5) is 27.0. The summed E-state index contributed by atoms with van der Waals surface area (Å²) < 4.78 is 0. The maximum Gasteiger partial charge on any atom is 0.227 e. The van der Waals surface area contributed by atoms with Gasteiger partial charge in [0.25, 0.3) is 0 Å². The zero-order chi connectivity index (χ0) is 16.4. The van der Waals surface area contributed by atoms with Crippen LogP contribution in [0.25, 0.3) is 22.3 Å². The molecule has 0 unspecified atom stereocenters. The van der Waals surface area contributed by atoms with Crippen LogP contribution in [0.1, 0.15) is 10.4 Å². The lowest BCUT2D eigenvalue weighted by Crippen LogP contribution is -1.97. The Kier molecular flexibility index (Phi) is 3.47. The predicted octanol–water partition coefficient (Wildman–Crippen LogP) is 3.58. The molecule has 0 amide bonds. The minimum atomic E-state index is 0.490. The van der Waals surface area contributed by atoms with Gasteiger partial charge in [-0.3, -0.25) is 4.79 Å². The third-order valence-corrected chi connectivity index (χ3v) is 3.69. The lowest BCUT2D eigenvalue weighted by molar-refractivity contribution is 0.112. The monoisotopic (exact) mass is 315 g/mol. The van der Waals surface area contributed by atoms with Crippen molar-refractivity contribution in [2.75, 3.05) is 5.32 Å². The molecule has 4 rings (SSSR count). The highest BCUT2D eigenvalue weighted by molar-refractivity contribution is 5.92. The highest BCUT2D eigenvalue weighted by Crippen LogP contribution is 2.26. The van der Waals surface area contributed by atoms with E-state index in [0.29, 0.717) is 11.5 Å². The Morgan fingerprint density at radius 1 is 1.00 bits per heavy atom. The largest absolute Gasteiger partial charge is 0.345 e. The minimum absolute atomic E-state index is 0.490. The first kappa shape index (κ1) is 14.1. The van der Waals surface area contributed by atoms with Crippen molar-refractivity contribution in [1.82, 2.24) is 19.9 Å². The van der Waals surface area contributed by atoms with Gasteiger partial charge in [-0.2, -0.15) is 0 Å². The average molecular weight is 315 g/mol. The lowest BCUT2D eigenvalue weighted by Gasteiger charge is -2.06. The molecule has 0 radical (unpaired) electrons. The molecule has 0 aliphatic carbocycles. The van der Waals surface area contributed by atoms with Gasteiger partial charge >= 0.3 is 0 Å². The third kappa shape index (κ3) is 2.61. The topological polar surface area (TPSA) is 83.6 Å². The number of benzene rings is 1. The van der Waals surface area contributed by atoms with Gasteiger partial charge in [0.1, 0.15) is 11.9 Å². The quantitative estimate of drug-likeness (QED) is 0.562. The van der Waals surface area contributed by atoms with Crippen LogP contribution in [0.5, 0.6) is 0 Å². The summed E-state index contributed by atoms with van der Waals surface area (Å²) in [6.07, 6.45) is 6.16. The first-order chi connectivity index (χ1) is 11.8. The van der Waals surface area contributed by atoms with E-state index in [1.54, 1.807) is 24.5 Å². The lowest BCUT2D eigenvalue weighted by atomic mass is 10.1. The number of aromatic amines is 1. The average Bonchev–Trinajstić information content (AvgIpc) is 3.07. The molecule has 0 saturated carbocycles. The van der Waals surface area contributed by atoms with E-state index in [2.05, 4.69) is 25.3 Å². The van der Waals surface area contributed by atoms with Gasteiger partial charge < -0.3 is 10.3 Å². The number of aromatic nitrogens is 4. The fraction of sp³-hybridized carbons (Fsp3) is 0. The van der Waals surface area contributed by atoms with Crippen molar-refractivity contribution >= 4 is 29.0 Å². The summed E-state index contributed by atoms with van der Waals surface area (Å²) in [5, 5.41) is 4.15. The van der Waals surface area contributed by atoms with Crippen LogP contribution in [0.4, 0.5) is 11.6 Å². The molecule has 0 spiro atoms. The predicted molar refractivity (Wildman–Crippen MR) is 92.2 cm³/mol. The van der Waals surface area contributed by atoms with Gasteiger partial charge in [0.05, 0.1) is 5.69 Å². The van der Waals surface area contributed by atoms with Crippen LogP contribution in [-0.2, 0) is 0 Å². The molecule has 116 valence electrons. The number of nitrogens with one attached hydrogen (secondary N) is 2. The van der Waals surface area contributed by atoms with Gasteiger partial charge in [-0.15, -0.1) is 0 Å². The minimum Gasteiger partial charge on any atom is -0.345 e. The first-order valence-electron chi connectivity index (χ1n) is 7.41. The molecule has 0 fully saturated rings. The van der Waals surface area contributed by atoms with Crippen molar-refractivity contribution in [3.05, 3.63) is 66.6 Å². The number of hydrogen-bond donors (Lipinski definition) is 2. The van der Waals surface area contributed by atoms with Crippen molar-refractivity contribution in [2.45, 2.75) is 0 Å². The zero-order valence-electron chi connectivity index (χ0n) is 12.6. The molecule has 24 heavy (non-hydrogen) atoms. The van der Waals surface area contributed by atoms with Gasteiger partial charge in [-0.25, -0.2) is 15.0 Å². The fourth-order valence-corrected chi connectivity index (χ4v) is 2.51. The first-order valence-corrected chi connectivity index (χ1v) is 7.41. The molecular weight excluding hydrogens is 302 g/mol. The Balaban J connectivity index is 1.67. The van der Waals surface area contributed by atoms with E-state index in [1.165, 1.54) is 0 Å². The van der Waals surface area contributed by atoms with E-state index >= 15 is 0 Å². The van der Waals surface area contributed by atoms with E-state index < -0.39 is 0 Å². The molecule has 2 N–H and O–H groups in total. The van der Waals surface area contributed by atoms with Crippen LogP contribution in [-0.4, -0.2) is 26.2 Å². The second-order valence-corrected chi connectivity index (χ2v) is 5.23. The summed E-state index contributed by atoms with van der Waals surface area (Å²) >= 11 is 0. The standard InChI is InChI=1S/C18H13N5O/c24-11-12-3-5-13(6-4-12)22-18-20-9-7-16(23-18)15-10-21-17-14(15)2-1-8-19-17/h1-11H,(H,19,21)(H,20,22,23). The third-order valence-electron chi connectivity index (χ3n) is 3.69. The Hall–Kier alpha value is -3.54. The number of nitrogens with zero attached hydrogens (tertiary/aromatic N) is 3. The second-order valence-electron chi connectivity index (χ2n) is 5.23. The number of H-pyrrole nitrogens is 1. The second kappa shape index (κ2) is 5.92. The van der Waals surface area contributed by atoms with E-state index in [1.807, 2.05) is 36.5 Å². The van der Waals surface area contributed by atoms with E-state index in [9.17, 15) is 4.79 Å². The van der Waals surface area contributed by atoms with Crippen molar-refractivity contribution in [3.63, 3.8) is 0 Å². The van der Waals surface area contributed by atoms with E-state index in [0.717, 1.165) is 34.3 Å². The number of anilines is 2. The molecule has 3 heterocycles. The van der Waals surface area contributed by atoms with Crippen molar-refractivity contribution in [3.8, 4) is 11.3 Å². The molecule has 6 heteroatoms. The van der Waals surface area contributed by atoms with Crippen molar-refractivity contribution in [1.29, 1.82) is 0 Å². The highest BCUT2D eigenvalue weighted by Gasteiger charge is 2.09. The molecule has 0 atom stereocenters. The van der Waals surface area contributed by atoms with Crippen LogP contribution >= 0.6 is 0 Å². The molecule has 0 saturated heterocycles. The van der Waals surface area contributed by atoms with E-state index in [-0.39, 0.29) is 0 Å². The zero-order valence-corrected chi connectivity index (χ0v) is 12.6. The Labute approximate surface area is 137 Å². The Bertz CT molecular complexity index is 1010. The van der Waals surface area contributed by atoms with Crippen LogP contribution < -0.4 is 5.32 Å². The Morgan fingerprint density at radius 3 is 2.71 bits per heavy atom. The molecule has 4 aromatic rings. The van der Waals surface area contributed by atoms with Gasteiger partial charge in [-0.05, 0) is 42.5 Å². The number of carbonyl (C=O) groups is 1. The highest BCUT2D eigenvalue weighted by atomic mass is 16.1. The number of fused-ring (bicyclic) bond motifs is 1. The molecule has 0 bridgehead atoms. The number of hydrogen-bond acceptors (Lipinski definition) is 5. The summed E-state index contributed by atoms with van der Waals surface area (Å²) in [5.41, 5.74) is 4.04. The molecule has 3 aromatic heterocycles. The van der Waals surface area contributed by atoms with Crippen LogP contribution in [0, 0.1) is 0 Å². The number of aldehydes is 1. The maximum atomic E-state index is 10.7. The molecular formula is C18H13N5O. The number of pyridine rings is 1. The molecule has 1 aromatic carbocycles. The summed E-state index contributed by atoms with van der Waals surface area (Å²) in [7, 11) is 0. The van der Waals surface area contributed by atoms with Gasteiger partial charge in [0.15, 0.2) is 0 Å². The SMILES string of the molecule is O=Cc1ccc(Nc2nccc(-c3c[nH]c4ncccc34)n2)cc1. The molecule has 0 aliphatic heterocycles. The van der Waals surface area contributed by atoms with Crippen molar-refractivity contribution in [2.24, 2.45) is 0 Å². The van der Waals surface area contributed by atoms with E-state index in [4.69, 9.17) is 0 Å². The smallest absolute Gasteiger partial charge is 0.227 e. The van der Waals surface area contributed by atoms with Crippen LogP contribution in [0.3, 0.4) is 0 Å².